The molecule has 0 fully saturated rings. The van der Waals surface area contributed by atoms with Crippen LogP contribution < -0.4 is 10.6 Å². The van der Waals surface area contributed by atoms with Gasteiger partial charge in [0.2, 0.25) is 0 Å². The molecule has 0 rings (SSSR count). The minimum atomic E-state index is 0. The van der Waals surface area contributed by atoms with Crippen molar-refractivity contribution in [2.75, 3.05) is 33.9 Å². The molecule has 0 radical (unpaired) electrons. The summed E-state index contributed by atoms with van der Waals surface area (Å²) in [6.07, 6.45) is 3.39. The average molecular weight is 329 g/mol. The molecule has 5 heteroatoms. The number of methoxy groups -OCH3 is 1. The van der Waals surface area contributed by atoms with E-state index in [0.29, 0.717) is 0 Å². The van der Waals surface area contributed by atoms with Crippen molar-refractivity contribution >= 4 is 29.9 Å². The number of nitrogens with zero attached hydrogens (tertiary/aromatic N) is 1. The van der Waals surface area contributed by atoms with Gasteiger partial charge in [-0.15, -0.1) is 24.0 Å². The number of nitrogens with one attached hydrogen (secondary N) is 2. The fourth-order valence-electron chi connectivity index (χ4n) is 1.03. The zero-order valence-electron chi connectivity index (χ0n) is 10.0. The predicted octanol–water partition coefficient (Wildman–Crippen LogP) is 1.61. The highest BCUT2D eigenvalue weighted by Crippen LogP contribution is 1.83. The van der Waals surface area contributed by atoms with Crippen LogP contribution in [0.1, 0.15) is 26.2 Å². The van der Waals surface area contributed by atoms with E-state index in [2.05, 4.69) is 22.5 Å². The molecule has 0 aliphatic heterocycles. The number of halogens is 1. The van der Waals surface area contributed by atoms with E-state index >= 15 is 0 Å². The lowest BCUT2D eigenvalue weighted by Gasteiger charge is -2.10. The van der Waals surface area contributed by atoms with Gasteiger partial charge in [-0.25, -0.2) is 0 Å². The molecule has 0 unspecified atom stereocenters. The molecule has 0 spiro atoms. The molecule has 15 heavy (non-hydrogen) atoms. The van der Waals surface area contributed by atoms with Gasteiger partial charge in [-0.05, 0) is 12.8 Å². The Kier molecular flexibility index (Phi) is 16.2. The largest absolute Gasteiger partial charge is 0.385 e. The SMILES string of the molecule is CCCCNC(=NC)NCCCOC.I. The fourth-order valence-corrected chi connectivity index (χ4v) is 1.03. The van der Waals surface area contributed by atoms with Crippen molar-refractivity contribution in [1.29, 1.82) is 0 Å². The van der Waals surface area contributed by atoms with E-state index in [1.54, 1.807) is 14.2 Å². The third kappa shape index (κ3) is 11.9. The van der Waals surface area contributed by atoms with Gasteiger partial charge in [-0.3, -0.25) is 4.99 Å². The maximum atomic E-state index is 4.96. The van der Waals surface area contributed by atoms with E-state index < -0.39 is 0 Å². The van der Waals surface area contributed by atoms with Crippen LogP contribution in [-0.2, 0) is 4.74 Å². The highest BCUT2D eigenvalue weighted by atomic mass is 127. The molecule has 0 aromatic heterocycles. The topological polar surface area (TPSA) is 45.7 Å². The van der Waals surface area contributed by atoms with E-state index in [9.17, 15) is 0 Å². The van der Waals surface area contributed by atoms with Crippen molar-refractivity contribution in [3.8, 4) is 0 Å². The van der Waals surface area contributed by atoms with Crippen LogP contribution in [0, 0.1) is 0 Å². The van der Waals surface area contributed by atoms with Gasteiger partial charge < -0.3 is 15.4 Å². The lowest BCUT2D eigenvalue weighted by molar-refractivity contribution is 0.195. The maximum Gasteiger partial charge on any atom is 0.190 e. The second kappa shape index (κ2) is 14.0. The van der Waals surface area contributed by atoms with Gasteiger partial charge in [0.1, 0.15) is 0 Å². The van der Waals surface area contributed by atoms with Crippen LogP contribution in [0.15, 0.2) is 4.99 Å². The van der Waals surface area contributed by atoms with Crippen LogP contribution in [-0.4, -0.2) is 39.8 Å². The van der Waals surface area contributed by atoms with Crippen molar-refractivity contribution in [2.24, 2.45) is 4.99 Å². The van der Waals surface area contributed by atoms with Crippen LogP contribution in [0.4, 0.5) is 0 Å². The highest BCUT2D eigenvalue weighted by Gasteiger charge is 1.94. The van der Waals surface area contributed by atoms with Gasteiger partial charge in [0.25, 0.3) is 0 Å². The minimum Gasteiger partial charge on any atom is -0.385 e. The van der Waals surface area contributed by atoms with E-state index in [4.69, 9.17) is 4.74 Å². The summed E-state index contributed by atoms with van der Waals surface area (Å²) in [5, 5.41) is 6.47. The summed E-state index contributed by atoms with van der Waals surface area (Å²) in [5.41, 5.74) is 0. The number of guanidine groups is 1. The molecule has 2 N–H and O–H groups in total. The molecule has 0 aliphatic rings. The van der Waals surface area contributed by atoms with Gasteiger partial charge in [0.05, 0.1) is 0 Å². The molecule has 92 valence electrons. The first-order chi connectivity index (χ1) is 6.85. The summed E-state index contributed by atoms with van der Waals surface area (Å²) in [7, 11) is 3.51. The van der Waals surface area contributed by atoms with E-state index in [0.717, 1.165) is 32.1 Å². The summed E-state index contributed by atoms with van der Waals surface area (Å²) >= 11 is 0. The first-order valence-corrected chi connectivity index (χ1v) is 5.28. The number of hydrogen-bond donors (Lipinski definition) is 2. The molecule has 0 saturated heterocycles. The van der Waals surface area contributed by atoms with Gasteiger partial charge in [-0.2, -0.15) is 0 Å². The maximum absolute atomic E-state index is 4.96. The third-order valence-electron chi connectivity index (χ3n) is 1.86. The molecule has 0 aromatic rings. The van der Waals surface area contributed by atoms with Gasteiger partial charge >= 0.3 is 0 Å². The molecule has 4 nitrogen and oxygen atoms in total. The number of aliphatic imine (C=N–C) groups is 1. The molecule has 0 aromatic carbocycles. The van der Waals surface area contributed by atoms with E-state index in [-0.39, 0.29) is 24.0 Å². The van der Waals surface area contributed by atoms with E-state index in [1.165, 1.54) is 12.8 Å². The first kappa shape index (κ1) is 17.4. The number of unbranched alkanes of at least 4 members (excludes halogenated alkanes) is 1. The Morgan fingerprint density at radius 3 is 2.27 bits per heavy atom. The van der Waals surface area contributed by atoms with Crippen molar-refractivity contribution < 1.29 is 4.74 Å². The molecule has 0 bridgehead atoms. The average Bonchev–Trinajstić information content (AvgIpc) is 2.22. The summed E-state index contributed by atoms with van der Waals surface area (Å²) in [6.45, 7) is 4.86. The van der Waals surface area contributed by atoms with Crippen molar-refractivity contribution in [3.05, 3.63) is 0 Å². The Bertz CT molecular complexity index is 154. The molecule has 0 heterocycles. The minimum absolute atomic E-state index is 0. The third-order valence-corrected chi connectivity index (χ3v) is 1.86. The second-order valence-electron chi connectivity index (χ2n) is 3.13. The Balaban J connectivity index is 0. The smallest absolute Gasteiger partial charge is 0.190 e. The first-order valence-electron chi connectivity index (χ1n) is 5.28. The Morgan fingerprint density at radius 2 is 1.80 bits per heavy atom. The van der Waals surface area contributed by atoms with Gasteiger partial charge in [0.15, 0.2) is 5.96 Å². The van der Waals surface area contributed by atoms with Crippen molar-refractivity contribution in [3.63, 3.8) is 0 Å². The molecule has 0 atom stereocenters. The number of ether oxygens (including phenoxy) is 1. The Morgan fingerprint density at radius 1 is 1.20 bits per heavy atom. The summed E-state index contributed by atoms with van der Waals surface area (Å²) in [6, 6.07) is 0. The Hall–Kier alpha value is -0.0400. The van der Waals surface area contributed by atoms with Gasteiger partial charge in [-0.1, -0.05) is 13.3 Å². The van der Waals surface area contributed by atoms with Crippen LogP contribution in [0.2, 0.25) is 0 Å². The van der Waals surface area contributed by atoms with Crippen LogP contribution in [0.3, 0.4) is 0 Å². The van der Waals surface area contributed by atoms with Crippen LogP contribution >= 0.6 is 24.0 Å². The zero-order chi connectivity index (χ0) is 10.6. The predicted molar refractivity (Wildman–Crippen MR) is 76.2 cm³/mol. The molecule has 0 saturated carbocycles. The number of hydrogen-bond acceptors (Lipinski definition) is 2. The molecular weight excluding hydrogens is 305 g/mol. The zero-order valence-corrected chi connectivity index (χ0v) is 12.3. The lowest BCUT2D eigenvalue weighted by Crippen LogP contribution is -2.38. The van der Waals surface area contributed by atoms with Crippen molar-refractivity contribution in [1.82, 2.24) is 10.6 Å². The highest BCUT2D eigenvalue weighted by molar-refractivity contribution is 14.0. The molecular formula is C10H24IN3O. The number of rotatable bonds is 7. The normalized spacial score (nSPS) is 10.7. The van der Waals surface area contributed by atoms with Crippen molar-refractivity contribution in [2.45, 2.75) is 26.2 Å². The summed E-state index contributed by atoms with van der Waals surface area (Å²) in [5.74, 6) is 0.884. The fraction of sp³-hybridized carbons (Fsp3) is 0.900. The molecule has 0 aliphatic carbocycles. The second-order valence-corrected chi connectivity index (χ2v) is 3.13. The Labute approximate surface area is 110 Å². The summed E-state index contributed by atoms with van der Waals surface area (Å²) < 4.78 is 4.96. The van der Waals surface area contributed by atoms with Gasteiger partial charge in [0, 0.05) is 33.9 Å². The van der Waals surface area contributed by atoms with Crippen LogP contribution in [0.5, 0.6) is 0 Å². The molecule has 0 amide bonds. The monoisotopic (exact) mass is 329 g/mol. The van der Waals surface area contributed by atoms with E-state index in [1.807, 2.05) is 0 Å². The quantitative estimate of drug-likeness (QED) is 0.323. The van der Waals surface area contributed by atoms with Crippen LogP contribution in [0.25, 0.3) is 0 Å². The lowest BCUT2D eigenvalue weighted by atomic mass is 10.3. The summed E-state index contributed by atoms with van der Waals surface area (Å²) in [4.78, 5) is 4.11. The standard InChI is InChI=1S/C10H23N3O.HI/c1-4-5-7-12-10(11-2)13-8-6-9-14-3;/h4-9H2,1-3H3,(H2,11,12,13);1H.